The minimum absolute atomic E-state index is 0.0975. The second-order valence-corrected chi connectivity index (χ2v) is 6.99. The fourth-order valence-corrected chi connectivity index (χ4v) is 3.39. The lowest BCUT2D eigenvalue weighted by Crippen LogP contribution is -2.54. The fourth-order valence-electron chi connectivity index (χ4n) is 3.39. The summed E-state index contributed by atoms with van der Waals surface area (Å²) in [6, 6.07) is 3.25. The number of piperidine rings is 1. The van der Waals surface area contributed by atoms with E-state index >= 15 is 0 Å². The Kier molecular flexibility index (Phi) is 4.26. The van der Waals surface area contributed by atoms with Crippen molar-refractivity contribution in [3.63, 3.8) is 0 Å². The largest absolute Gasteiger partial charge is 0.417 e. The minimum atomic E-state index is -4.74. The average molecular weight is 410 g/mol. The van der Waals surface area contributed by atoms with Gasteiger partial charge in [-0.15, -0.1) is 5.10 Å². The van der Waals surface area contributed by atoms with Crippen LogP contribution >= 0.6 is 0 Å². The van der Waals surface area contributed by atoms with E-state index in [1.807, 2.05) is 0 Å². The number of nitrogens with one attached hydrogen (secondary N) is 1. The topological polar surface area (TPSA) is 109 Å². The zero-order valence-electron chi connectivity index (χ0n) is 15.3. The quantitative estimate of drug-likeness (QED) is 0.657. The normalized spacial score (nSPS) is 17.1. The van der Waals surface area contributed by atoms with Crippen molar-refractivity contribution in [2.24, 2.45) is 0 Å². The van der Waals surface area contributed by atoms with Gasteiger partial charge in [0.2, 0.25) is 5.95 Å². The molecule has 1 saturated heterocycles. The van der Waals surface area contributed by atoms with Crippen LogP contribution in [0.15, 0.2) is 29.3 Å². The second-order valence-electron chi connectivity index (χ2n) is 6.99. The van der Waals surface area contributed by atoms with Gasteiger partial charge in [0.05, 0.1) is 17.5 Å². The molecule has 0 aromatic carbocycles. The molecule has 0 radical (unpaired) electrons. The minimum Gasteiger partial charge on any atom is -0.380 e. The summed E-state index contributed by atoms with van der Waals surface area (Å²) in [5.74, 6) is -0.400. The first-order valence-corrected chi connectivity index (χ1v) is 8.82. The number of aromatic amines is 1. The summed E-state index contributed by atoms with van der Waals surface area (Å²) >= 11 is 0. The maximum absolute atomic E-state index is 12.9. The molecule has 29 heavy (non-hydrogen) atoms. The number of hydrogen-bond acceptors (Lipinski definition) is 5. The maximum Gasteiger partial charge on any atom is 0.417 e. The number of fused-ring (bicyclic) bond motifs is 1. The summed E-state index contributed by atoms with van der Waals surface area (Å²) < 4.78 is 41.5. The highest BCUT2D eigenvalue weighted by atomic mass is 19.4. The Morgan fingerprint density at radius 3 is 2.66 bits per heavy atom. The van der Waals surface area contributed by atoms with Gasteiger partial charge in [0.15, 0.2) is 5.60 Å². The second kappa shape index (κ2) is 6.44. The van der Waals surface area contributed by atoms with Gasteiger partial charge in [0, 0.05) is 32.1 Å². The van der Waals surface area contributed by atoms with Gasteiger partial charge in [0.25, 0.3) is 11.5 Å². The Morgan fingerprint density at radius 1 is 1.31 bits per heavy atom. The number of carbonyl (C=O) groups excluding carboxylic acids is 1. The van der Waals surface area contributed by atoms with Crippen LogP contribution < -0.4 is 5.56 Å². The van der Waals surface area contributed by atoms with E-state index in [2.05, 4.69) is 15.2 Å². The number of halogens is 3. The Bertz CT molecular complexity index is 1140. The SMILES string of the molecule is Cc1c(C(=O)N2CCC(O)(C(F)(F)F)CC2)cnn1-c1nn2cccc2c(=O)[nH]1. The molecule has 1 aliphatic heterocycles. The molecular formula is C17H17F3N6O3. The van der Waals surface area contributed by atoms with Crippen LogP contribution in [0.4, 0.5) is 13.2 Å². The van der Waals surface area contributed by atoms with Crippen LogP contribution in [0.2, 0.25) is 0 Å². The van der Waals surface area contributed by atoms with Crippen LogP contribution in [0.25, 0.3) is 11.5 Å². The standard InChI is InChI=1S/C17H17F3N6O3/c1-10-11(14(28)24-7-4-16(29,5-8-24)17(18,19)20)9-21-26(10)15-22-13(27)12-3-2-6-25(12)23-15/h2-3,6,9,29H,4-5,7-8H2,1H3,(H,22,23,27). The van der Waals surface area contributed by atoms with E-state index in [4.69, 9.17) is 0 Å². The molecule has 0 aliphatic carbocycles. The molecule has 0 saturated carbocycles. The molecule has 4 rings (SSSR count). The zero-order valence-corrected chi connectivity index (χ0v) is 15.3. The lowest BCUT2D eigenvalue weighted by atomic mass is 9.90. The Labute approximate surface area is 161 Å². The number of likely N-dealkylation sites (tertiary alicyclic amines) is 1. The van der Waals surface area contributed by atoms with Crippen LogP contribution in [0.1, 0.15) is 28.9 Å². The van der Waals surface area contributed by atoms with Crippen molar-refractivity contribution >= 4 is 11.4 Å². The van der Waals surface area contributed by atoms with Crippen LogP contribution in [0.5, 0.6) is 0 Å². The number of aliphatic hydroxyl groups is 1. The summed E-state index contributed by atoms with van der Waals surface area (Å²) in [5, 5.41) is 18.1. The summed E-state index contributed by atoms with van der Waals surface area (Å²) in [4.78, 5) is 28.7. The smallest absolute Gasteiger partial charge is 0.380 e. The van der Waals surface area contributed by atoms with Crippen molar-refractivity contribution in [3.8, 4) is 5.95 Å². The molecule has 4 heterocycles. The maximum atomic E-state index is 12.9. The lowest BCUT2D eigenvalue weighted by Gasteiger charge is -2.39. The van der Waals surface area contributed by atoms with Crippen LogP contribution in [-0.2, 0) is 0 Å². The molecule has 1 aliphatic rings. The molecule has 0 spiro atoms. The zero-order chi connectivity index (χ0) is 21.0. The number of nitrogens with zero attached hydrogens (tertiary/aromatic N) is 5. The van der Waals surface area contributed by atoms with Crippen LogP contribution in [0.3, 0.4) is 0 Å². The van der Waals surface area contributed by atoms with Gasteiger partial charge in [-0.05, 0) is 19.1 Å². The fraction of sp³-hybridized carbons (Fsp3) is 0.412. The lowest BCUT2D eigenvalue weighted by molar-refractivity contribution is -0.271. The number of hydrogen-bond donors (Lipinski definition) is 2. The van der Waals surface area contributed by atoms with Gasteiger partial charge < -0.3 is 10.0 Å². The Morgan fingerprint density at radius 2 is 2.00 bits per heavy atom. The third-order valence-electron chi connectivity index (χ3n) is 5.23. The summed E-state index contributed by atoms with van der Waals surface area (Å²) in [7, 11) is 0. The molecule has 2 N–H and O–H groups in total. The molecule has 3 aromatic heterocycles. The predicted octanol–water partition coefficient (Wildman–Crippen LogP) is 1.05. The average Bonchev–Trinajstić information content (AvgIpc) is 3.27. The van der Waals surface area contributed by atoms with E-state index in [9.17, 15) is 27.9 Å². The molecule has 0 bridgehead atoms. The number of amides is 1. The third-order valence-corrected chi connectivity index (χ3v) is 5.23. The summed E-state index contributed by atoms with van der Waals surface area (Å²) in [6.07, 6.45) is -3.04. The van der Waals surface area contributed by atoms with Gasteiger partial charge in [0.1, 0.15) is 5.52 Å². The highest BCUT2D eigenvalue weighted by molar-refractivity contribution is 5.95. The molecule has 12 heteroatoms. The van der Waals surface area contributed by atoms with E-state index < -0.39 is 30.5 Å². The first kappa shape index (κ1) is 19.2. The van der Waals surface area contributed by atoms with Crippen molar-refractivity contribution in [2.45, 2.75) is 31.5 Å². The first-order valence-electron chi connectivity index (χ1n) is 8.82. The Balaban J connectivity index is 1.59. The molecule has 1 fully saturated rings. The third kappa shape index (κ3) is 3.09. The molecule has 3 aromatic rings. The summed E-state index contributed by atoms with van der Waals surface area (Å²) in [5.41, 5.74) is -2.26. The molecule has 0 unspecified atom stereocenters. The van der Waals surface area contributed by atoms with E-state index in [1.54, 1.807) is 25.3 Å². The van der Waals surface area contributed by atoms with Crippen molar-refractivity contribution in [3.05, 3.63) is 46.1 Å². The van der Waals surface area contributed by atoms with E-state index in [0.717, 1.165) is 0 Å². The predicted molar refractivity (Wildman–Crippen MR) is 93.8 cm³/mol. The van der Waals surface area contributed by atoms with Crippen molar-refractivity contribution in [2.75, 3.05) is 13.1 Å². The van der Waals surface area contributed by atoms with Crippen LogP contribution in [-0.4, -0.2) is 65.2 Å². The molecular weight excluding hydrogens is 393 g/mol. The number of aromatic nitrogens is 5. The van der Waals surface area contributed by atoms with Gasteiger partial charge >= 0.3 is 6.18 Å². The molecule has 154 valence electrons. The number of carbonyl (C=O) groups is 1. The highest BCUT2D eigenvalue weighted by Crippen LogP contribution is 2.38. The summed E-state index contributed by atoms with van der Waals surface area (Å²) in [6.45, 7) is 1.13. The van der Waals surface area contributed by atoms with Gasteiger partial charge in [-0.1, -0.05) is 0 Å². The van der Waals surface area contributed by atoms with E-state index in [1.165, 1.54) is 20.3 Å². The number of H-pyrrole nitrogens is 1. The van der Waals surface area contributed by atoms with E-state index in [0.29, 0.717) is 11.2 Å². The van der Waals surface area contributed by atoms with Crippen molar-refractivity contribution in [1.29, 1.82) is 0 Å². The van der Waals surface area contributed by atoms with Crippen LogP contribution in [0, 0.1) is 6.92 Å². The first-order chi connectivity index (χ1) is 13.6. The van der Waals surface area contributed by atoms with Crippen molar-refractivity contribution in [1.82, 2.24) is 29.3 Å². The molecule has 9 nitrogen and oxygen atoms in total. The highest BCUT2D eigenvalue weighted by Gasteiger charge is 2.55. The monoisotopic (exact) mass is 410 g/mol. The molecule has 0 atom stereocenters. The molecule has 1 amide bonds. The van der Waals surface area contributed by atoms with Crippen molar-refractivity contribution < 1.29 is 23.1 Å². The van der Waals surface area contributed by atoms with Gasteiger partial charge in [-0.25, -0.2) is 9.20 Å². The Hall–Kier alpha value is -3.15. The number of rotatable bonds is 2. The van der Waals surface area contributed by atoms with E-state index in [-0.39, 0.29) is 30.2 Å². The van der Waals surface area contributed by atoms with Gasteiger partial charge in [-0.2, -0.15) is 18.3 Å². The van der Waals surface area contributed by atoms with Gasteiger partial charge in [-0.3, -0.25) is 14.6 Å². The number of alkyl halides is 3.